The highest BCUT2D eigenvalue weighted by Gasteiger charge is 2.29. The molecule has 0 unspecified atom stereocenters. The van der Waals surface area contributed by atoms with Crippen LogP contribution in [0.15, 0.2) is 5.11 Å². The highest BCUT2D eigenvalue weighted by molar-refractivity contribution is 4.77. The van der Waals surface area contributed by atoms with Crippen molar-refractivity contribution in [1.29, 1.82) is 0 Å². The summed E-state index contributed by atoms with van der Waals surface area (Å²) in [6, 6.07) is 0. The van der Waals surface area contributed by atoms with Crippen LogP contribution in [0.4, 0.5) is 0 Å². The van der Waals surface area contributed by atoms with E-state index < -0.39 is 12.2 Å². The average Bonchev–Trinajstić information content (AvgIpc) is 2.19. The molecule has 0 spiro atoms. The number of hydrogen-bond acceptors (Lipinski definition) is 4. The summed E-state index contributed by atoms with van der Waals surface area (Å²) in [5, 5.41) is 12.9. The van der Waals surface area contributed by atoms with Crippen molar-refractivity contribution in [3.05, 3.63) is 10.4 Å². The van der Waals surface area contributed by atoms with Gasteiger partial charge >= 0.3 is 0 Å². The molecule has 0 aromatic rings. The predicted octanol–water partition coefficient (Wildman–Crippen LogP) is 1.20. The number of aliphatic hydroxyl groups is 1. The van der Waals surface area contributed by atoms with Crippen LogP contribution in [0.5, 0.6) is 0 Å². The Morgan fingerprint density at radius 1 is 1.64 bits per heavy atom. The maximum Gasteiger partial charge on any atom is 0.158 e. The van der Waals surface area contributed by atoms with Crippen LogP contribution in [0, 0.1) is 0 Å². The molecule has 0 aromatic heterocycles. The maximum absolute atomic E-state index is 9.52. The molecular weight excluding hydrogens is 186 g/mol. The molecule has 0 bridgehead atoms. The van der Waals surface area contributed by atoms with E-state index in [1.165, 1.54) is 0 Å². The zero-order valence-corrected chi connectivity index (χ0v) is 8.17. The van der Waals surface area contributed by atoms with Crippen LogP contribution in [-0.4, -0.2) is 36.8 Å². The Kier molecular flexibility index (Phi) is 4.69. The lowest BCUT2D eigenvalue weighted by Gasteiger charge is -2.32. The van der Waals surface area contributed by atoms with Crippen molar-refractivity contribution in [2.24, 2.45) is 5.11 Å². The van der Waals surface area contributed by atoms with Crippen LogP contribution in [0.1, 0.15) is 19.8 Å². The van der Waals surface area contributed by atoms with Crippen LogP contribution in [-0.2, 0) is 9.47 Å². The molecular formula is C8H15N3O3. The Morgan fingerprint density at radius 2 is 2.43 bits per heavy atom. The van der Waals surface area contributed by atoms with E-state index in [1.54, 1.807) is 0 Å². The summed E-state index contributed by atoms with van der Waals surface area (Å²) < 4.78 is 10.7. The minimum absolute atomic E-state index is 0.154. The first-order valence-corrected chi connectivity index (χ1v) is 4.74. The van der Waals surface area contributed by atoms with Gasteiger partial charge < -0.3 is 14.6 Å². The van der Waals surface area contributed by atoms with E-state index in [9.17, 15) is 5.11 Å². The molecule has 0 radical (unpaired) electrons. The largest absolute Gasteiger partial charge is 0.390 e. The molecule has 1 aliphatic rings. The Labute approximate surface area is 82.4 Å². The molecule has 80 valence electrons. The molecule has 6 heteroatoms. The summed E-state index contributed by atoms with van der Waals surface area (Å²) in [6.07, 6.45) is 0.0358. The minimum atomic E-state index is -0.558. The Morgan fingerprint density at radius 3 is 3.07 bits per heavy atom. The smallest absolute Gasteiger partial charge is 0.158 e. The third-order valence-electron chi connectivity index (χ3n) is 2.13. The number of hydrogen-bond donors (Lipinski definition) is 1. The number of rotatable bonds is 4. The summed E-state index contributed by atoms with van der Waals surface area (Å²) in [5.41, 5.74) is 8.14. The number of aliphatic hydroxyl groups excluding tert-OH is 1. The summed E-state index contributed by atoms with van der Waals surface area (Å²) in [5.74, 6) is 0. The van der Waals surface area contributed by atoms with Crippen LogP contribution in [0.2, 0.25) is 0 Å². The second-order valence-corrected chi connectivity index (χ2v) is 3.12. The van der Waals surface area contributed by atoms with Crippen LogP contribution in [0.25, 0.3) is 10.4 Å². The van der Waals surface area contributed by atoms with E-state index >= 15 is 0 Å². The minimum Gasteiger partial charge on any atom is -0.390 e. The van der Waals surface area contributed by atoms with Gasteiger partial charge in [-0.2, -0.15) is 0 Å². The molecule has 0 amide bonds. The average molecular weight is 201 g/mol. The number of nitrogens with zero attached hydrogens (tertiary/aromatic N) is 3. The molecule has 1 rings (SSSR count). The van der Waals surface area contributed by atoms with Crippen molar-refractivity contribution in [2.75, 3.05) is 13.2 Å². The van der Waals surface area contributed by atoms with Gasteiger partial charge in [0.2, 0.25) is 0 Å². The lowest BCUT2D eigenvalue weighted by molar-refractivity contribution is -0.217. The zero-order valence-electron chi connectivity index (χ0n) is 8.17. The maximum atomic E-state index is 9.52. The highest BCUT2D eigenvalue weighted by atomic mass is 16.7. The first-order valence-electron chi connectivity index (χ1n) is 4.74. The topological polar surface area (TPSA) is 87.5 Å². The fourth-order valence-electron chi connectivity index (χ4n) is 1.44. The Bertz CT molecular complexity index is 218. The first kappa shape index (κ1) is 11.3. The summed E-state index contributed by atoms with van der Waals surface area (Å²) in [6.45, 7) is 2.62. The van der Waals surface area contributed by atoms with Crippen LogP contribution in [0.3, 0.4) is 0 Å². The van der Waals surface area contributed by atoms with Gasteiger partial charge in [-0.25, -0.2) is 0 Å². The van der Waals surface area contributed by atoms with E-state index in [1.807, 2.05) is 6.92 Å². The highest BCUT2D eigenvalue weighted by Crippen LogP contribution is 2.20. The van der Waals surface area contributed by atoms with E-state index in [0.29, 0.717) is 19.4 Å². The van der Waals surface area contributed by atoms with Gasteiger partial charge in [-0.05, 0) is 18.9 Å². The summed E-state index contributed by atoms with van der Waals surface area (Å²) in [7, 11) is 0. The Hall–Kier alpha value is -0.810. The van der Waals surface area contributed by atoms with E-state index in [4.69, 9.17) is 15.0 Å². The number of ether oxygens (including phenoxy) is 2. The SMILES string of the molecule is CCO[C@@H]1CC[C@H](O)[C@@H](CN=[N+]=[N-])O1. The quantitative estimate of drug-likeness (QED) is 0.421. The predicted molar refractivity (Wildman–Crippen MR) is 49.5 cm³/mol. The molecule has 0 saturated carbocycles. The van der Waals surface area contributed by atoms with Gasteiger partial charge in [0.05, 0.1) is 18.8 Å². The molecule has 0 aromatic carbocycles. The molecule has 1 aliphatic heterocycles. The van der Waals surface area contributed by atoms with Gasteiger partial charge in [-0.15, -0.1) is 0 Å². The molecule has 1 heterocycles. The molecule has 3 atom stereocenters. The standard InChI is InChI=1S/C8H15N3O3/c1-2-13-8-4-3-6(12)7(14-8)5-10-11-9/h6-8,12H,2-5H2,1H3/t6-,7+,8-/m0/s1. The van der Waals surface area contributed by atoms with Crippen LogP contribution >= 0.6 is 0 Å². The third-order valence-corrected chi connectivity index (χ3v) is 2.13. The number of azide groups is 1. The van der Waals surface area contributed by atoms with E-state index in [-0.39, 0.29) is 12.8 Å². The van der Waals surface area contributed by atoms with Crippen molar-refractivity contribution in [2.45, 2.75) is 38.3 Å². The van der Waals surface area contributed by atoms with Gasteiger partial charge in [-0.1, -0.05) is 5.11 Å². The monoisotopic (exact) mass is 201 g/mol. The van der Waals surface area contributed by atoms with Gasteiger partial charge in [0, 0.05) is 17.9 Å². The molecule has 1 saturated heterocycles. The van der Waals surface area contributed by atoms with Crippen molar-refractivity contribution < 1.29 is 14.6 Å². The fraction of sp³-hybridized carbons (Fsp3) is 1.00. The molecule has 1 N–H and O–H groups in total. The Balaban J connectivity index is 2.41. The van der Waals surface area contributed by atoms with E-state index in [0.717, 1.165) is 0 Å². The molecule has 6 nitrogen and oxygen atoms in total. The van der Waals surface area contributed by atoms with Gasteiger partial charge in [0.25, 0.3) is 0 Å². The molecule has 14 heavy (non-hydrogen) atoms. The van der Waals surface area contributed by atoms with E-state index in [2.05, 4.69) is 10.0 Å². The molecule has 0 aliphatic carbocycles. The summed E-state index contributed by atoms with van der Waals surface area (Å²) >= 11 is 0. The van der Waals surface area contributed by atoms with Gasteiger partial charge in [0.15, 0.2) is 6.29 Å². The lowest BCUT2D eigenvalue weighted by Crippen LogP contribution is -2.41. The summed E-state index contributed by atoms with van der Waals surface area (Å²) in [4.78, 5) is 2.63. The van der Waals surface area contributed by atoms with Crippen molar-refractivity contribution >= 4 is 0 Å². The van der Waals surface area contributed by atoms with Crippen molar-refractivity contribution in [3.8, 4) is 0 Å². The van der Waals surface area contributed by atoms with Gasteiger partial charge in [0.1, 0.15) is 0 Å². The van der Waals surface area contributed by atoms with Crippen molar-refractivity contribution in [1.82, 2.24) is 0 Å². The lowest BCUT2D eigenvalue weighted by atomic mass is 10.1. The fourth-order valence-corrected chi connectivity index (χ4v) is 1.44. The second-order valence-electron chi connectivity index (χ2n) is 3.12. The zero-order chi connectivity index (χ0) is 10.4. The van der Waals surface area contributed by atoms with Gasteiger partial charge in [-0.3, -0.25) is 0 Å². The third kappa shape index (κ3) is 3.16. The first-order chi connectivity index (χ1) is 6.77. The van der Waals surface area contributed by atoms with Crippen molar-refractivity contribution in [3.63, 3.8) is 0 Å². The normalized spacial score (nSPS) is 32.3. The van der Waals surface area contributed by atoms with Crippen LogP contribution < -0.4 is 0 Å². The molecule has 1 fully saturated rings. The second kappa shape index (κ2) is 5.82.